The molecule has 2 amide bonds. The van der Waals surface area contributed by atoms with E-state index in [-0.39, 0.29) is 6.03 Å². The number of fused-ring (bicyclic) bond motifs is 2. The summed E-state index contributed by atoms with van der Waals surface area (Å²) < 4.78 is 11.3. The zero-order valence-electron chi connectivity index (χ0n) is 13.0. The molecule has 1 N–H and O–H groups in total. The Kier molecular flexibility index (Phi) is 3.94. The van der Waals surface area contributed by atoms with Gasteiger partial charge in [0.15, 0.2) is 11.5 Å². The number of rotatable bonds is 1. The van der Waals surface area contributed by atoms with E-state index in [0.717, 1.165) is 23.5 Å². The highest BCUT2D eigenvalue weighted by Crippen LogP contribution is 2.35. The second-order valence-corrected chi connectivity index (χ2v) is 6.31. The highest BCUT2D eigenvalue weighted by molar-refractivity contribution is 6.30. The Labute approximate surface area is 145 Å². The van der Waals surface area contributed by atoms with Gasteiger partial charge in [0.2, 0.25) is 0 Å². The molecule has 124 valence electrons. The van der Waals surface area contributed by atoms with Gasteiger partial charge in [0, 0.05) is 23.8 Å². The number of amides is 2. The predicted molar refractivity (Wildman–Crippen MR) is 92.0 cm³/mol. The summed E-state index contributed by atoms with van der Waals surface area (Å²) in [5, 5.41) is 3.49. The number of anilines is 1. The predicted octanol–water partition coefficient (Wildman–Crippen LogP) is 3.70. The van der Waals surface area contributed by atoms with Gasteiger partial charge < -0.3 is 19.7 Å². The molecule has 0 unspecified atom stereocenters. The zero-order chi connectivity index (χ0) is 16.5. The molecular weight excluding hydrogens is 328 g/mol. The Hall–Kier alpha value is -2.40. The molecule has 0 saturated carbocycles. The molecule has 0 aliphatic carbocycles. The first-order chi connectivity index (χ1) is 11.7. The Balaban J connectivity index is 1.50. The summed E-state index contributed by atoms with van der Waals surface area (Å²) in [7, 11) is 0. The average Bonchev–Trinajstić information content (AvgIpc) is 2.59. The fraction of sp³-hybridized carbons (Fsp3) is 0.278. The van der Waals surface area contributed by atoms with E-state index in [9.17, 15) is 4.79 Å². The largest absolute Gasteiger partial charge is 0.486 e. The summed E-state index contributed by atoms with van der Waals surface area (Å²) in [5.74, 6) is 1.56. The van der Waals surface area contributed by atoms with E-state index in [0.29, 0.717) is 37.0 Å². The van der Waals surface area contributed by atoms with E-state index < -0.39 is 0 Å². The molecule has 0 spiro atoms. The number of carbonyl (C=O) groups is 1. The molecule has 0 radical (unpaired) electrons. The molecule has 0 fully saturated rings. The van der Waals surface area contributed by atoms with E-state index in [1.54, 1.807) is 17.0 Å². The van der Waals surface area contributed by atoms with Crippen molar-refractivity contribution in [2.24, 2.45) is 0 Å². The number of hydrogen-bond donors (Lipinski definition) is 1. The Bertz CT molecular complexity index is 794. The number of hydrogen-bond acceptors (Lipinski definition) is 3. The van der Waals surface area contributed by atoms with Gasteiger partial charge in [-0.05, 0) is 47.9 Å². The highest BCUT2D eigenvalue weighted by atomic mass is 35.5. The molecular formula is C18H17ClN2O3. The van der Waals surface area contributed by atoms with Gasteiger partial charge in [-0.1, -0.05) is 17.7 Å². The first kappa shape index (κ1) is 15.1. The lowest BCUT2D eigenvalue weighted by molar-refractivity contribution is 0.170. The van der Waals surface area contributed by atoms with Gasteiger partial charge in [0.25, 0.3) is 0 Å². The van der Waals surface area contributed by atoms with Crippen LogP contribution >= 0.6 is 11.6 Å². The van der Waals surface area contributed by atoms with E-state index in [1.807, 2.05) is 24.3 Å². The Morgan fingerprint density at radius 2 is 1.83 bits per heavy atom. The average molecular weight is 345 g/mol. The number of carbonyl (C=O) groups excluding carboxylic acids is 1. The Morgan fingerprint density at radius 3 is 2.58 bits per heavy atom. The van der Waals surface area contributed by atoms with Crippen LogP contribution in [-0.4, -0.2) is 30.7 Å². The fourth-order valence-corrected chi connectivity index (χ4v) is 3.23. The lowest BCUT2D eigenvalue weighted by atomic mass is 9.99. The smallest absolute Gasteiger partial charge is 0.322 e. The number of urea groups is 1. The van der Waals surface area contributed by atoms with Crippen molar-refractivity contribution >= 4 is 23.3 Å². The molecule has 2 aliphatic rings. The van der Waals surface area contributed by atoms with Gasteiger partial charge in [-0.15, -0.1) is 0 Å². The molecule has 6 heteroatoms. The third-order valence-electron chi connectivity index (χ3n) is 4.24. The van der Waals surface area contributed by atoms with Gasteiger partial charge in [0.1, 0.15) is 13.2 Å². The quantitative estimate of drug-likeness (QED) is 0.858. The van der Waals surface area contributed by atoms with Crippen LogP contribution < -0.4 is 14.8 Å². The van der Waals surface area contributed by atoms with Crippen LogP contribution in [0.2, 0.25) is 5.02 Å². The standard InChI is InChI=1S/C18H17ClN2O3/c19-14-2-1-3-15(10-14)20-18(22)21-5-4-12-8-16-17(9-13(12)11-21)24-7-6-23-16/h1-3,8-10H,4-7,11H2,(H,20,22). The molecule has 0 aromatic heterocycles. The molecule has 0 saturated heterocycles. The Morgan fingerprint density at radius 1 is 1.08 bits per heavy atom. The van der Waals surface area contributed by atoms with Crippen molar-refractivity contribution in [2.75, 3.05) is 25.1 Å². The monoisotopic (exact) mass is 344 g/mol. The number of ether oxygens (including phenoxy) is 2. The molecule has 5 nitrogen and oxygen atoms in total. The van der Waals surface area contributed by atoms with Crippen molar-refractivity contribution in [2.45, 2.75) is 13.0 Å². The molecule has 2 aromatic rings. The van der Waals surface area contributed by atoms with Crippen molar-refractivity contribution in [3.63, 3.8) is 0 Å². The molecule has 2 aromatic carbocycles. The SMILES string of the molecule is O=C(Nc1cccc(Cl)c1)N1CCc2cc3c(cc2C1)OCCO3. The first-order valence-corrected chi connectivity index (χ1v) is 8.30. The van der Waals surface area contributed by atoms with Crippen LogP contribution in [0.25, 0.3) is 0 Å². The summed E-state index contributed by atoms with van der Waals surface area (Å²) in [6, 6.07) is 11.0. The summed E-state index contributed by atoms with van der Waals surface area (Å²) in [4.78, 5) is 14.3. The van der Waals surface area contributed by atoms with E-state index in [4.69, 9.17) is 21.1 Å². The summed E-state index contributed by atoms with van der Waals surface area (Å²) in [6.07, 6.45) is 0.801. The maximum absolute atomic E-state index is 12.5. The van der Waals surface area contributed by atoms with Crippen LogP contribution in [0.5, 0.6) is 11.5 Å². The van der Waals surface area contributed by atoms with Crippen LogP contribution in [0.1, 0.15) is 11.1 Å². The molecule has 4 rings (SSSR count). The van der Waals surface area contributed by atoms with Crippen LogP contribution in [0.3, 0.4) is 0 Å². The topological polar surface area (TPSA) is 50.8 Å². The second-order valence-electron chi connectivity index (χ2n) is 5.88. The maximum Gasteiger partial charge on any atom is 0.322 e. The zero-order valence-corrected chi connectivity index (χ0v) is 13.8. The number of nitrogens with zero attached hydrogens (tertiary/aromatic N) is 1. The molecule has 2 aliphatic heterocycles. The van der Waals surface area contributed by atoms with Gasteiger partial charge in [-0.25, -0.2) is 4.79 Å². The normalized spacial score (nSPS) is 15.6. The van der Waals surface area contributed by atoms with E-state index in [1.165, 1.54) is 5.56 Å². The van der Waals surface area contributed by atoms with Gasteiger partial charge in [0.05, 0.1) is 0 Å². The van der Waals surface area contributed by atoms with Crippen LogP contribution in [0.15, 0.2) is 36.4 Å². The van der Waals surface area contributed by atoms with Crippen LogP contribution in [0, 0.1) is 0 Å². The summed E-state index contributed by atoms with van der Waals surface area (Å²) in [6.45, 7) is 2.36. The van der Waals surface area contributed by atoms with Gasteiger partial charge >= 0.3 is 6.03 Å². The highest BCUT2D eigenvalue weighted by Gasteiger charge is 2.24. The van der Waals surface area contributed by atoms with Crippen molar-refractivity contribution in [1.82, 2.24) is 4.90 Å². The number of halogens is 1. The first-order valence-electron chi connectivity index (χ1n) is 7.92. The third-order valence-corrected chi connectivity index (χ3v) is 4.47. The van der Waals surface area contributed by atoms with E-state index in [2.05, 4.69) is 5.32 Å². The molecule has 0 atom stereocenters. The van der Waals surface area contributed by atoms with Crippen molar-refractivity contribution in [1.29, 1.82) is 0 Å². The van der Waals surface area contributed by atoms with Crippen LogP contribution in [0.4, 0.5) is 10.5 Å². The molecule has 2 heterocycles. The van der Waals surface area contributed by atoms with Gasteiger partial charge in [-0.3, -0.25) is 0 Å². The van der Waals surface area contributed by atoms with Crippen LogP contribution in [-0.2, 0) is 13.0 Å². The minimum absolute atomic E-state index is 0.127. The number of benzene rings is 2. The summed E-state index contributed by atoms with van der Waals surface area (Å²) in [5.41, 5.74) is 3.01. The maximum atomic E-state index is 12.5. The minimum Gasteiger partial charge on any atom is -0.486 e. The third kappa shape index (κ3) is 2.99. The molecule has 24 heavy (non-hydrogen) atoms. The number of nitrogens with one attached hydrogen (secondary N) is 1. The van der Waals surface area contributed by atoms with Gasteiger partial charge in [-0.2, -0.15) is 0 Å². The summed E-state index contributed by atoms with van der Waals surface area (Å²) >= 11 is 5.96. The molecule has 0 bridgehead atoms. The second kappa shape index (κ2) is 6.24. The van der Waals surface area contributed by atoms with Crippen molar-refractivity contribution < 1.29 is 14.3 Å². The van der Waals surface area contributed by atoms with Crippen molar-refractivity contribution in [3.05, 3.63) is 52.5 Å². The lowest BCUT2D eigenvalue weighted by Crippen LogP contribution is -2.39. The fourth-order valence-electron chi connectivity index (χ4n) is 3.04. The van der Waals surface area contributed by atoms with E-state index >= 15 is 0 Å². The lowest BCUT2D eigenvalue weighted by Gasteiger charge is -2.30. The minimum atomic E-state index is -0.127. The van der Waals surface area contributed by atoms with Crippen molar-refractivity contribution in [3.8, 4) is 11.5 Å².